The molecule has 1 saturated carbocycles. The molecule has 0 saturated heterocycles. The van der Waals surface area contributed by atoms with E-state index in [0.717, 1.165) is 18.6 Å². The highest BCUT2D eigenvalue weighted by molar-refractivity contribution is 5.29. The van der Waals surface area contributed by atoms with Crippen molar-refractivity contribution in [2.75, 3.05) is 0 Å². The van der Waals surface area contributed by atoms with Gasteiger partial charge in [0.1, 0.15) is 17.2 Å². The number of rotatable bonds is 5. The molecule has 1 nitrogen and oxygen atoms in total. The van der Waals surface area contributed by atoms with Gasteiger partial charge in [0.05, 0.1) is 0 Å². The topological polar surface area (TPSA) is 9.23 Å². The SMILES string of the molecule is CCC(C)(Oc1ccc(F)cc1)C1CC1c1ccccc1. The Morgan fingerprint density at radius 1 is 1.10 bits per heavy atom. The van der Waals surface area contributed by atoms with Crippen molar-refractivity contribution in [3.05, 3.63) is 66.0 Å². The number of hydrogen-bond donors (Lipinski definition) is 0. The van der Waals surface area contributed by atoms with E-state index in [1.165, 1.54) is 17.7 Å². The molecule has 21 heavy (non-hydrogen) atoms. The lowest BCUT2D eigenvalue weighted by molar-refractivity contribution is 0.0585. The van der Waals surface area contributed by atoms with Crippen molar-refractivity contribution < 1.29 is 9.13 Å². The van der Waals surface area contributed by atoms with Gasteiger partial charge in [-0.3, -0.25) is 0 Å². The van der Waals surface area contributed by atoms with Gasteiger partial charge in [0.2, 0.25) is 0 Å². The Bertz CT molecular complexity index is 593. The minimum Gasteiger partial charge on any atom is -0.487 e. The van der Waals surface area contributed by atoms with Crippen molar-refractivity contribution in [1.82, 2.24) is 0 Å². The molecule has 3 atom stereocenters. The van der Waals surface area contributed by atoms with E-state index in [1.54, 1.807) is 12.1 Å². The smallest absolute Gasteiger partial charge is 0.123 e. The highest BCUT2D eigenvalue weighted by Gasteiger charge is 2.51. The number of benzene rings is 2. The zero-order chi connectivity index (χ0) is 14.9. The van der Waals surface area contributed by atoms with E-state index in [0.29, 0.717) is 11.8 Å². The molecule has 3 unspecified atom stereocenters. The molecule has 0 spiro atoms. The van der Waals surface area contributed by atoms with Crippen molar-refractivity contribution in [2.24, 2.45) is 5.92 Å². The molecule has 1 aliphatic carbocycles. The van der Waals surface area contributed by atoms with Gasteiger partial charge in [-0.05, 0) is 55.5 Å². The molecule has 0 radical (unpaired) electrons. The Morgan fingerprint density at radius 3 is 2.38 bits per heavy atom. The first-order chi connectivity index (χ1) is 10.1. The van der Waals surface area contributed by atoms with E-state index in [1.807, 2.05) is 0 Å². The average molecular weight is 284 g/mol. The second-order valence-corrected chi connectivity index (χ2v) is 6.08. The van der Waals surface area contributed by atoms with E-state index in [-0.39, 0.29) is 11.4 Å². The molecular formula is C19H21FO. The third kappa shape index (κ3) is 2.94. The van der Waals surface area contributed by atoms with Crippen molar-refractivity contribution in [1.29, 1.82) is 0 Å². The van der Waals surface area contributed by atoms with Crippen LogP contribution in [0.2, 0.25) is 0 Å². The second-order valence-electron chi connectivity index (χ2n) is 6.08. The zero-order valence-electron chi connectivity index (χ0n) is 12.6. The van der Waals surface area contributed by atoms with Crippen LogP contribution in [0, 0.1) is 11.7 Å². The summed E-state index contributed by atoms with van der Waals surface area (Å²) in [4.78, 5) is 0. The summed E-state index contributed by atoms with van der Waals surface area (Å²) in [6.07, 6.45) is 2.11. The van der Waals surface area contributed by atoms with Gasteiger partial charge in [0.25, 0.3) is 0 Å². The van der Waals surface area contributed by atoms with Gasteiger partial charge in [0, 0.05) is 5.92 Å². The summed E-state index contributed by atoms with van der Waals surface area (Å²) in [7, 11) is 0. The summed E-state index contributed by atoms with van der Waals surface area (Å²) in [5.41, 5.74) is 1.20. The van der Waals surface area contributed by atoms with Crippen LogP contribution in [0.1, 0.15) is 38.2 Å². The fourth-order valence-corrected chi connectivity index (χ4v) is 3.12. The number of halogens is 1. The lowest BCUT2D eigenvalue weighted by atomic mass is 9.93. The summed E-state index contributed by atoms with van der Waals surface area (Å²) in [5.74, 6) is 1.63. The number of ether oxygens (including phenoxy) is 1. The second kappa shape index (κ2) is 5.51. The average Bonchev–Trinajstić information content (AvgIpc) is 3.32. The summed E-state index contributed by atoms with van der Waals surface area (Å²) >= 11 is 0. The van der Waals surface area contributed by atoms with Crippen molar-refractivity contribution in [2.45, 2.75) is 38.2 Å². The van der Waals surface area contributed by atoms with Crippen LogP contribution in [0.25, 0.3) is 0 Å². The van der Waals surface area contributed by atoms with Crippen LogP contribution in [0.15, 0.2) is 54.6 Å². The van der Waals surface area contributed by atoms with E-state index in [2.05, 4.69) is 44.2 Å². The maximum absolute atomic E-state index is 13.0. The van der Waals surface area contributed by atoms with E-state index in [4.69, 9.17) is 4.74 Å². The Kier molecular flexibility index (Phi) is 3.71. The van der Waals surface area contributed by atoms with Crippen LogP contribution in [-0.4, -0.2) is 5.60 Å². The lowest BCUT2D eigenvalue weighted by Gasteiger charge is -2.30. The molecule has 2 heteroatoms. The predicted molar refractivity (Wildman–Crippen MR) is 83.0 cm³/mol. The third-order valence-corrected chi connectivity index (χ3v) is 4.67. The first kappa shape index (κ1) is 14.1. The van der Waals surface area contributed by atoms with Crippen LogP contribution >= 0.6 is 0 Å². The molecule has 0 amide bonds. The first-order valence-corrected chi connectivity index (χ1v) is 7.62. The molecule has 2 aromatic carbocycles. The minimum atomic E-state index is -0.228. The molecular weight excluding hydrogens is 263 g/mol. The Hall–Kier alpha value is -1.83. The Labute approximate surface area is 125 Å². The van der Waals surface area contributed by atoms with Crippen LogP contribution in [-0.2, 0) is 0 Å². The maximum Gasteiger partial charge on any atom is 0.123 e. The summed E-state index contributed by atoms with van der Waals surface area (Å²) < 4.78 is 19.2. The molecule has 1 fully saturated rings. The Balaban J connectivity index is 1.74. The highest BCUT2D eigenvalue weighted by atomic mass is 19.1. The minimum absolute atomic E-state index is 0.196. The van der Waals surface area contributed by atoms with Gasteiger partial charge < -0.3 is 4.74 Å². The third-order valence-electron chi connectivity index (χ3n) is 4.67. The van der Waals surface area contributed by atoms with Crippen LogP contribution in [0.4, 0.5) is 4.39 Å². The number of hydrogen-bond acceptors (Lipinski definition) is 1. The quantitative estimate of drug-likeness (QED) is 0.735. The van der Waals surface area contributed by atoms with E-state index in [9.17, 15) is 4.39 Å². The highest BCUT2D eigenvalue weighted by Crippen LogP contribution is 2.55. The van der Waals surface area contributed by atoms with Gasteiger partial charge in [-0.2, -0.15) is 0 Å². The van der Waals surface area contributed by atoms with Crippen LogP contribution < -0.4 is 4.74 Å². The summed E-state index contributed by atoms with van der Waals surface area (Å²) in [6, 6.07) is 16.9. The van der Waals surface area contributed by atoms with Gasteiger partial charge in [-0.1, -0.05) is 37.3 Å². The van der Waals surface area contributed by atoms with Gasteiger partial charge >= 0.3 is 0 Å². The Morgan fingerprint density at radius 2 is 1.76 bits per heavy atom. The normalized spacial score (nSPS) is 23.4. The summed E-state index contributed by atoms with van der Waals surface area (Å²) in [5, 5.41) is 0. The van der Waals surface area contributed by atoms with Gasteiger partial charge in [-0.25, -0.2) is 4.39 Å². The lowest BCUT2D eigenvalue weighted by Crippen LogP contribution is -2.34. The molecule has 0 heterocycles. The van der Waals surface area contributed by atoms with Crippen molar-refractivity contribution >= 4 is 0 Å². The molecule has 0 aliphatic heterocycles. The van der Waals surface area contributed by atoms with Gasteiger partial charge in [0.15, 0.2) is 0 Å². The molecule has 0 bridgehead atoms. The monoisotopic (exact) mass is 284 g/mol. The molecule has 2 aromatic rings. The maximum atomic E-state index is 13.0. The van der Waals surface area contributed by atoms with Crippen molar-refractivity contribution in [3.8, 4) is 5.75 Å². The fourth-order valence-electron chi connectivity index (χ4n) is 3.12. The predicted octanol–water partition coefficient (Wildman–Crippen LogP) is 5.18. The van der Waals surface area contributed by atoms with Crippen LogP contribution in [0.5, 0.6) is 5.75 Å². The zero-order valence-corrected chi connectivity index (χ0v) is 12.6. The molecule has 110 valence electrons. The van der Waals surface area contributed by atoms with E-state index >= 15 is 0 Å². The molecule has 3 rings (SSSR count). The fraction of sp³-hybridized carbons (Fsp3) is 0.368. The molecule has 0 aromatic heterocycles. The van der Waals surface area contributed by atoms with E-state index < -0.39 is 0 Å². The first-order valence-electron chi connectivity index (χ1n) is 7.62. The summed E-state index contributed by atoms with van der Waals surface area (Å²) in [6.45, 7) is 4.33. The molecule has 0 N–H and O–H groups in total. The van der Waals surface area contributed by atoms with Crippen LogP contribution in [0.3, 0.4) is 0 Å². The van der Waals surface area contributed by atoms with Crippen molar-refractivity contribution in [3.63, 3.8) is 0 Å². The standard InChI is InChI=1S/C19H21FO/c1-3-19(2,21-16-11-9-15(20)10-12-16)18-13-17(18)14-7-5-4-6-8-14/h4-12,17-18H,3,13H2,1-2H3. The molecule has 1 aliphatic rings. The van der Waals surface area contributed by atoms with Gasteiger partial charge in [-0.15, -0.1) is 0 Å². The largest absolute Gasteiger partial charge is 0.487 e.